The van der Waals surface area contributed by atoms with Crippen molar-refractivity contribution in [3.63, 3.8) is 0 Å². The largest absolute Gasteiger partial charge is 0.416 e. The number of nitrogens with zero attached hydrogens (tertiary/aromatic N) is 5. The maximum absolute atomic E-state index is 14.2. The average molecular weight is 456 g/mol. The SMILES string of the molecule is Nc1nc2cc(-c3cnc4c(c3)C(=O)N(Cc3cc(C(F)(F)F)ccc3F)CC4)ccn2n1. The lowest BCUT2D eigenvalue weighted by Crippen LogP contribution is -2.37. The quantitative estimate of drug-likeness (QED) is 0.475. The predicted octanol–water partition coefficient (Wildman–Crippen LogP) is 3.73. The van der Waals surface area contributed by atoms with Gasteiger partial charge in [0, 0.05) is 43.0 Å². The lowest BCUT2D eigenvalue weighted by molar-refractivity contribution is -0.137. The van der Waals surface area contributed by atoms with Crippen LogP contribution in [0.4, 0.5) is 23.5 Å². The zero-order valence-corrected chi connectivity index (χ0v) is 17.0. The molecular weight excluding hydrogens is 440 g/mol. The maximum atomic E-state index is 14.2. The molecule has 0 atom stereocenters. The third-order valence-corrected chi connectivity index (χ3v) is 5.53. The number of halogens is 4. The number of pyridine rings is 2. The Kier molecular flexibility index (Phi) is 4.76. The number of anilines is 1. The van der Waals surface area contributed by atoms with Gasteiger partial charge in [-0.05, 0) is 42.0 Å². The maximum Gasteiger partial charge on any atom is 0.416 e. The number of carbonyl (C=O) groups excluding carboxylic acids is 1. The molecular formula is C22H16F4N6O. The molecule has 1 aliphatic heterocycles. The summed E-state index contributed by atoms with van der Waals surface area (Å²) in [5, 5.41) is 4.01. The van der Waals surface area contributed by atoms with Gasteiger partial charge in [-0.15, -0.1) is 5.10 Å². The van der Waals surface area contributed by atoms with Crippen LogP contribution in [0.2, 0.25) is 0 Å². The fourth-order valence-electron chi connectivity index (χ4n) is 3.86. The Morgan fingerprint density at radius 3 is 2.70 bits per heavy atom. The molecule has 3 aromatic heterocycles. The van der Waals surface area contributed by atoms with Gasteiger partial charge in [0.2, 0.25) is 5.95 Å². The number of fused-ring (bicyclic) bond motifs is 2. The van der Waals surface area contributed by atoms with E-state index in [4.69, 9.17) is 5.73 Å². The van der Waals surface area contributed by atoms with Crippen LogP contribution in [0.3, 0.4) is 0 Å². The Hall–Kier alpha value is -4.02. The van der Waals surface area contributed by atoms with Crippen LogP contribution in [0.1, 0.15) is 27.2 Å². The van der Waals surface area contributed by atoms with Crippen LogP contribution >= 0.6 is 0 Å². The standard InChI is InChI=1S/C22H16F4N6O/c23-17-2-1-15(22(24,25)26)7-14(17)11-31-5-4-18-16(20(31)33)8-13(10-28-18)12-3-6-32-19(9-12)29-21(27)30-32/h1-3,6-10H,4-5,11H2,(H2,27,30). The van der Waals surface area contributed by atoms with E-state index in [1.807, 2.05) is 0 Å². The van der Waals surface area contributed by atoms with Crippen molar-refractivity contribution in [3.05, 3.63) is 77.0 Å². The zero-order valence-electron chi connectivity index (χ0n) is 17.0. The topological polar surface area (TPSA) is 89.4 Å². The fourth-order valence-corrected chi connectivity index (χ4v) is 3.86. The summed E-state index contributed by atoms with van der Waals surface area (Å²) in [6, 6.07) is 7.39. The van der Waals surface area contributed by atoms with Crippen LogP contribution in [0.5, 0.6) is 0 Å². The number of carbonyl (C=O) groups is 1. The molecule has 11 heteroatoms. The highest BCUT2D eigenvalue weighted by molar-refractivity contribution is 5.97. The van der Waals surface area contributed by atoms with Crippen molar-refractivity contribution in [2.75, 3.05) is 12.3 Å². The first-order valence-corrected chi connectivity index (χ1v) is 9.95. The molecule has 0 saturated carbocycles. The highest BCUT2D eigenvalue weighted by Gasteiger charge is 2.32. The number of nitrogen functional groups attached to an aromatic ring is 1. The third kappa shape index (κ3) is 3.86. The van der Waals surface area contributed by atoms with Gasteiger partial charge in [-0.3, -0.25) is 9.78 Å². The van der Waals surface area contributed by atoms with E-state index in [9.17, 15) is 22.4 Å². The molecule has 0 unspecified atom stereocenters. The number of nitrogens with two attached hydrogens (primary N) is 1. The summed E-state index contributed by atoms with van der Waals surface area (Å²) in [6.07, 6.45) is -0.880. The fraction of sp³-hybridized carbons (Fsp3) is 0.182. The highest BCUT2D eigenvalue weighted by Crippen LogP contribution is 2.31. The molecule has 1 aliphatic rings. The lowest BCUT2D eigenvalue weighted by atomic mass is 9.99. The van der Waals surface area contributed by atoms with Crippen molar-refractivity contribution in [1.29, 1.82) is 0 Å². The smallest absolute Gasteiger partial charge is 0.366 e. The van der Waals surface area contributed by atoms with Crippen LogP contribution in [-0.2, 0) is 19.1 Å². The van der Waals surface area contributed by atoms with E-state index >= 15 is 0 Å². The van der Waals surface area contributed by atoms with Gasteiger partial charge in [-0.1, -0.05) is 0 Å². The monoisotopic (exact) mass is 456 g/mol. The molecule has 0 bridgehead atoms. The first-order valence-electron chi connectivity index (χ1n) is 9.95. The van der Waals surface area contributed by atoms with E-state index in [0.29, 0.717) is 35.0 Å². The second-order valence-electron chi connectivity index (χ2n) is 7.69. The Balaban J connectivity index is 1.45. The van der Waals surface area contributed by atoms with Gasteiger partial charge in [0.15, 0.2) is 5.65 Å². The van der Waals surface area contributed by atoms with E-state index in [0.717, 1.165) is 17.7 Å². The third-order valence-electron chi connectivity index (χ3n) is 5.53. The number of alkyl halides is 3. The summed E-state index contributed by atoms with van der Waals surface area (Å²) in [5.74, 6) is -1.09. The molecule has 7 nitrogen and oxygen atoms in total. The molecule has 0 fully saturated rings. The molecule has 0 radical (unpaired) electrons. The van der Waals surface area contributed by atoms with Crippen molar-refractivity contribution in [2.24, 2.45) is 0 Å². The molecule has 4 heterocycles. The van der Waals surface area contributed by atoms with Crippen molar-refractivity contribution in [1.82, 2.24) is 24.5 Å². The number of aromatic nitrogens is 4. The van der Waals surface area contributed by atoms with Crippen molar-refractivity contribution in [2.45, 2.75) is 19.1 Å². The Morgan fingerprint density at radius 2 is 1.91 bits per heavy atom. The minimum Gasteiger partial charge on any atom is -0.366 e. The van der Waals surface area contributed by atoms with E-state index < -0.39 is 23.5 Å². The van der Waals surface area contributed by atoms with Crippen molar-refractivity contribution >= 4 is 17.5 Å². The van der Waals surface area contributed by atoms with Gasteiger partial charge in [-0.2, -0.15) is 18.2 Å². The molecule has 1 amide bonds. The first kappa shape index (κ1) is 20.9. The van der Waals surface area contributed by atoms with E-state index in [1.165, 1.54) is 9.42 Å². The summed E-state index contributed by atoms with van der Waals surface area (Å²) >= 11 is 0. The van der Waals surface area contributed by atoms with Crippen molar-refractivity contribution in [3.8, 4) is 11.1 Å². The molecule has 0 spiro atoms. The van der Waals surface area contributed by atoms with Gasteiger partial charge < -0.3 is 10.6 Å². The normalized spacial score (nSPS) is 14.1. The molecule has 2 N–H and O–H groups in total. The predicted molar refractivity (Wildman–Crippen MR) is 110 cm³/mol. The van der Waals surface area contributed by atoms with E-state index in [1.54, 1.807) is 30.6 Å². The Labute approximate surface area is 184 Å². The molecule has 5 rings (SSSR count). The van der Waals surface area contributed by atoms with Crippen LogP contribution in [-0.4, -0.2) is 36.9 Å². The number of hydrogen-bond donors (Lipinski definition) is 1. The van der Waals surface area contributed by atoms with E-state index in [2.05, 4.69) is 15.1 Å². The summed E-state index contributed by atoms with van der Waals surface area (Å²) < 4.78 is 54.8. The van der Waals surface area contributed by atoms with E-state index in [-0.39, 0.29) is 24.6 Å². The van der Waals surface area contributed by atoms with Crippen LogP contribution in [0.25, 0.3) is 16.8 Å². The molecule has 33 heavy (non-hydrogen) atoms. The molecule has 1 aromatic carbocycles. The summed E-state index contributed by atoms with van der Waals surface area (Å²) in [5.41, 5.74) is 7.28. The number of rotatable bonds is 3. The number of amides is 1. The number of benzene rings is 1. The molecule has 168 valence electrons. The van der Waals surface area contributed by atoms with Gasteiger partial charge in [0.05, 0.1) is 16.8 Å². The second-order valence-corrected chi connectivity index (χ2v) is 7.69. The average Bonchev–Trinajstić information content (AvgIpc) is 3.15. The first-order chi connectivity index (χ1) is 15.7. The molecule has 4 aromatic rings. The van der Waals surface area contributed by atoms with Crippen LogP contribution in [0.15, 0.2) is 48.8 Å². The number of hydrogen-bond acceptors (Lipinski definition) is 5. The molecule has 0 saturated heterocycles. The van der Waals surface area contributed by atoms with Crippen molar-refractivity contribution < 1.29 is 22.4 Å². The Morgan fingerprint density at radius 1 is 1.09 bits per heavy atom. The van der Waals surface area contributed by atoms with Crippen LogP contribution < -0.4 is 5.73 Å². The summed E-state index contributed by atoms with van der Waals surface area (Å²) in [4.78, 5) is 23.0. The molecule has 0 aliphatic carbocycles. The summed E-state index contributed by atoms with van der Waals surface area (Å²) in [6.45, 7) is -0.0535. The van der Waals surface area contributed by atoms with Gasteiger partial charge in [-0.25, -0.2) is 8.91 Å². The minimum atomic E-state index is -4.60. The van der Waals surface area contributed by atoms with Gasteiger partial charge >= 0.3 is 6.18 Å². The van der Waals surface area contributed by atoms with Gasteiger partial charge in [0.25, 0.3) is 5.91 Å². The zero-order chi connectivity index (χ0) is 23.3. The lowest BCUT2D eigenvalue weighted by Gasteiger charge is -2.28. The van der Waals surface area contributed by atoms with Crippen LogP contribution in [0, 0.1) is 5.82 Å². The highest BCUT2D eigenvalue weighted by atomic mass is 19.4. The Bertz CT molecular complexity index is 1400. The summed E-state index contributed by atoms with van der Waals surface area (Å²) in [7, 11) is 0. The van der Waals surface area contributed by atoms with Gasteiger partial charge in [0.1, 0.15) is 5.82 Å². The second kappa shape index (κ2) is 7.54. The minimum absolute atomic E-state index is 0.128.